The zero-order valence-corrected chi connectivity index (χ0v) is 18.9. The maximum atomic E-state index is 11.5. The average Bonchev–Trinajstić information content (AvgIpc) is 3.38. The molecule has 1 aliphatic rings. The highest BCUT2D eigenvalue weighted by Gasteiger charge is 2.48. The van der Waals surface area contributed by atoms with Crippen LogP contribution in [0.5, 0.6) is 0 Å². The van der Waals surface area contributed by atoms with Crippen molar-refractivity contribution < 1.29 is 5.11 Å². The smallest absolute Gasteiger partial charge is 0.0976 e. The second-order valence-electron chi connectivity index (χ2n) is 8.97. The van der Waals surface area contributed by atoms with Crippen molar-refractivity contribution >= 4 is 0 Å². The first-order chi connectivity index (χ1) is 16.3. The van der Waals surface area contributed by atoms with Crippen LogP contribution < -0.4 is 0 Å². The Balaban J connectivity index is 1.67. The molecule has 2 heteroatoms. The van der Waals surface area contributed by atoms with Gasteiger partial charge in [0.25, 0.3) is 0 Å². The fourth-order valence-corrected chi connectivity index (χ4v) is 5.64. The van der Waals surface area contributed by atoms with Gasteiger partial charge in [0.05, 0.1) is 11.6 Å². The van der Waals surface area contributed by atoms with Crippen LogP contribution in [0.3, 0.4) is 0 Å². The second kappa shape index (κ2) is 9.74. The third-order valence-electron chi connectivity index (χ3n) is 7.04. The lowest BCUT2D eigenvalue weighted by Crippen LogP contribution is -2.54. The van der Waals surface area contributed by atoms with Gasteiger partial charge in [-0.05, 0) is 41.5 Å². The lowest BCUT2D eigenvalue weighted by Gasteiger charge is -2.47. The molecular weight excluding hydrogens is 402 g/mol. The average molecular weight is 434 g/mol. The Kier molecular flexibility index (Phi) is 6.39. The highest BCUT2D eigenvalue weighted by Crippen LogP contribution is 2.46. The molecule has 2 atom stereocenters. The van der Waals surface area contributed by atoms with Crippen LogP contribution in [0.15, 0.2) is 121 Å². The Hall–Kier alpha value is -3.20. The van der Waals surface area contributed by atoms with E-state index in [-0.39, 0.29) is 6.04 Å². The largest absolute Gasteiger partial charge is 0.391 e. The summed E-state index contributed by atoms with van der Waals surface area (Å²) < 4.78 is 0. The van der Waals surface area contributed by atoms with E-state index in [4.69, 9.17) is 0 Å². The summed E-state index contributed by atoms with van der Waals surface area (Å²) in [7, 11) is 0. The molecule has 0 radical (unpaired) electrons. The van der Waals surface area contributed by atoms with E-state index in [9.17, 15) is 5.11 Å². The molecule has 1 N–H and O–H groups in total. The minimum absolute atomic E-state index is 0.0609. The minimum atomic E-state index is -0.470. The van der Waals surface area contributed by atoms with Gasteiger partial charge in [-0.15, -0.1) is 0 Å². The summed E-state index contributed by atoms with van der Waals surface area (Å²) in [6.07, 6.45) is 2.29. The predicted octanol–water partition coefficient (Wildman–Crippen LogP) is 6.05. The molecule has 4 aromatic rings. The molecule has 166 valence electrons. The van der Waals surface area contributed by atoms with Crippen molar-refractivity contribution in [2.24, 2.45) is 0 Å². The van der Waals surface area contributed by atoms with Gasteiger partial charge in [-0.1, -0.05) is 121 Å². The molecule has 4 aromatic carbocycles. The van der Waals surface area contributed by atoms with Gasteiger partial charge < -0.3 is 5.11 Å². The van der Waals surface area contributed by atoms with E-state index in [1.54, 1.807) is 0 Å². The Morgan fingerprint density at radius 2 is 1.09 bits per heavy atom. The minimum Gasteiger partial charge on any atom is -0.391 e. The number of benzene rings is 4. The van der Waals surface area contributed by atoms with Crippen LogP contribution in [0, 0.1) is 0 Å². The third kappa shape index (κ3) is 4.13. The molecule has 5 rings (SSSR count). The number of aliphatic hydroxyl groups is 1. The van der Waals surface area contributed by atoms with Gasteiger partial charge >= 0.3 is 0 Å². The summed E-state index contributed by atoms with van der Waals surface area (Å²) >= 11 is 0. The second-order valence-corrected chi connectivity index (χ2v) is 8.97. The van der Waals surface area contributed by atoms with Crippen LogP contribution in [0.2, 0.25) is 0 Å². The SMILES string of the molecule is OC(Cc1ccccc1)[C@@H]1CCCN1C(c1ccccc1)(c1ccccc1)c1ccccc1. The molecule has 0 saturated carbocycles. The number of nitrogens with zero attached hydrogens (tertiary/aromatic N) is 1. The van der Waals surface area contributed by atoms with Gasteiger partial charge in [-0.2, -0.15) is 0 Å². The van der Waals surface area contributed by atoms with E-state index < -0.39 is 11.6 Å². The van der Waals surface area contributed by atoms with Crippen LogP contribution in [0.25, 0.3) is 0 Å². The summed E-state index contributed by atoms with van der Waals surface area (Å²) in [6.45, 7) is 0.940. The monoisotopic (exact) mass is 433 g/mol. The first-order valence-corrected chi connectivity index (χ1v) is 12.0. The van der Waals surface area contributed by atoms with Crippen molar-refractivity contribution in [1.82, 2.24) is 4.90 Å². The highest BCUT2D eigenvalue weighted by molar-refractivity contribution is 5.50. The molecule has 0 bridgehead atoms. The molecule has 2 nitrogen and oxygen atoms in total. The zero-order chi connectivity index (χ0) is 22.5. The van der Waals surface area contributed by atoms with Crippen LogP contribution in [-0.4, -0.2) is 28.7 Å². The Labute approximate surface area is 197 Å². The molecular formula is C31H31NO. The van der Waals surface area contributed by atoms with Gasteiger partial charge in [-0.3, -0.25) is 4.90 Å². The zero-order valence-electron chi connectivity index (χ0n) is 18.9. The topological polar surface area (TPSA) is 23.5 Å². The molecule has 0 spiro atoms. The van der Waals surface area contributed by atoms with Crippen molar-refractivity contribution in [2.75, 3.05) is 6.54 Å². The highest BCUT2D eigenvalue weighted by atomic mass is 16.3. The van der Waals surface area contributed by atoms with E-state index in [2.05, 4.69) is 120 Å². The molecule has 0 amide bonds. The quantitative estimate of drug-likeness (QED) is 0.359. The summed E-state index contributed by atoms with van der Waals surface area (Å²) in [5.74, 6) is 0. The summed E-state index contributed by atoms with van der Waals surface area (Å²) in [5, 5.41) is 11.5. The first kappa shape index (κ1) is 21.6. The Morgan fingerprint density at radius 3 is 1.55 bits per heavy atom. The molecule has 0 aromatic heterocycles. The molecule has 0 aliphatic carbocycles. The standard InChI is InChI=1S/C31H31NO/c33-30(24-25-14-5-1-6-15-25)29-22-13-23-32(29)31(26-16-7-2-8-17-26,27-18-9-3-10-19-27)28-20-11-4-12-21-28/h1-12,14-21,29-30,33H,13,22-24H2/t29-,30?/m0/s1. The number of likely N-dealkylation sites (tertiary alicyclic amines) is 1. The van der Waals surface area contributed by atoms with E-state index >= 15 is 0 Å². The first-order valence-electron chi connectivity index (χ1n) is 12.0. The van der Waals surface area contributed by atoms with E-state index in [1.165, 1.54) is 22.3 Å². The van der Waals surface area contributed by atoms with Crippen LogP contribution in [-0.2, 0) is 12.0 Å². The fourth-order valence-electron chi connectivity index (χ4n) is 5.64. The van der Waals surface area contributed by atoms with Crippen molar-refractivity contribution in [3.63, 3.8) is 0 Å². The van der Waals surface area contributed by atoms with Crippen LogP contribution in [0.4, 0.5) is 0 Å². The van der Waals surface area contributed by atoms with Crippen LogP contribution >= 0.6 is 0 Å². The molecule has 1 unspecified atom stereocenters. The van der Waals surface area contributed by atoms with Crippen LogP contribution in [0.1, 0.15) is 35.1 Å². The number of hydrogen-bond acceptors (Lipinski definition) is 2. The molecule has 1 saturated heterocycles. The lowest BCUT2D eigenvalue weighted by atomic mass is 9.74. The molecule has 1 aliphatic heterocycles. The maximum Gasteiger partial charge on any atom is 0.0976 e. The maximum absolute atomic E-state index is 11.5. The summed E-state index contributed by atoms with van der Waals surface area (Å²) in [5.41, 5.74) is 4.42. The van der Waals surface area contributed by atoms with Crippen molar-refractivity contribution in [1.29, 1.82) is 0 Å². The van der Waals surface area contributed by atoms with Crippen molar-refractivity contribution in [3.05, 3.63) is 144 Å². The van der Waals surface area contributed by atoms with Gasteiger partial charge in [0.1, 0.15) is 0 Å². The van der Waals surface area contributed by atoms with Gasteiger partial charge in [0.15, 0.2) is 0 Å². The molecule has 1 fully saturated rings. The van der Waals surface area contributed by atoms with Gasteiger partial charge in [0.2, 0.25) is 0 Å². The van der Waals surface area contributed by atoms with E-state index in [0.717, 1.165) is 19.4 Å². The normalized spacial score (nSPS) is 17.7. The van der Waals surface area contributed by atoms with E-state index in [0.29, 0.717) is 6.42 Å². The Morgan fingerprint density at radius 1 is 0.667 bits per heavy atom. The van der Waals surface area contributed by atoms with E-state index in [1.807, 2.05) is 6.07 Å². The Bertz CT molecular complexity index is 1030. The van der Waals surface area contributed by atoms with Gasteiger partial charge in [-0.25, -0.2) is 0 Å². The number of hydrogen-bond donors (Lipinski definition) is 1. The fraction of sp³-hybridized carbons (Fsp3) is 0.226. The van der Waals surface area contributed by atoms with Crippen molar-refractivity contribution in [3.8, 4) is 0 Å². The third-order valence-corrected chi connectivity index (χ3v) is 7.04. The lowest BCUT2D eigenvalue weighted by molar-refractivity contribution is 0.0337. The number of rotatable bonds is 7. The van der Waals surface area contributed by atoms with Crippen molar-refractivity contribution in [2.45, 2.75) is 36.9 Å². The number of aliphatic hydroxyl groups excluding tert-OH is 1. The van der Waals surface area contributed by atoms with Gasteiger partial charge in [0, 0.05) is 12.6 Å². The molecule has 33 heavy (non-hydrogen) atoms. The molecule has 1 heterocycles. The summed E-state index contributed by atoms with van der Waals surface area (Å²) in [4.78, 5) is 2.57. The predicted molar refractivity (Wildman–Crippen MR) is 135 cm³/mol. The summed E-state index contributed by atoms with van der Waals surface area (Å²) in [6, 6.07) is 42.8.